The summed E-state index contributed by atoms with van der Waals surface area (Å²) in [6, 6.07) is -2.62. The van der Waals surface area contributed by atoms with Crippen molar-refractivity contribution in [2.45, 2.75) is 125 Å². The molecule has 28 nitrogen and oxygen atoms in total. The van der Waals surface area contributed by atoms with Crippen LogP contribution < -0.4 is 37.9 Å². The number of rotatable bonds is 18. The lowest BCUT2D eigenvalue weighted by Gasteiger charge is -2.42. The van der Waals surface area contributed by atoms with E-state index in [0.717, 1.165) is 13.3 Å². The highest BCUT2D eigenvalue weighted by Crippen LogP contribution is 2.31. The lowest BCUT2D eigenvalue weighted by Crippen LogP contribution is -2.64. The number of amides is 5. The zero-order valence-corrected chi connectivity index (χ0v) is 34.0. The molecule has 3 fully saturated rings. The van der Waals surface area contributed by atoms with Crippen molar-refractivity contribution >= 4 is 46.6 Å². The smallest absolute Gasteiger partial charge is 0.280 e. The van der Waals surface area contributed by atoms with Crippen LogP contribution in [0.25, 0.3) is 11.2 Å². The van der Waals surface area contributed by atoms with Crippen LogP contribution in [0.3, 0.4) is 0 Å². The fourth-order valence-corrected chi connectivity index (χ4v) is 7.14. The van der Waals surface area contributed by atoms with Crippen LogP contribution in [-0.2, 0) is 42.9 Å². The van der Waals surface area contributed by atoms with Crippen molar-refractivity contribution in [2.24, 2.45) is 0 Å². The molecule has 5 amide bonds. The second-order valence-corrected chi connectivity index (χ2v) is 15.2. The predicted molar refractivity (Wildman–Crippen MR) is 207 cm³/mol. The number of imidazole rings is 1. The third-order valence-electron chi connectivity index (χ3n) is 10.6. The minimum atomic E-state index is -1.86. The van der Waals surface area contributed by atoms with Gasteiger partial charge in [0.05, 0.1) is 25.6 Å². The highest BCUT2D eigenvalue weighted by Gasteiger charge is 2.48. The van der Waals surface area contributed by atoms with Crippen LogP contribution in [0.5, 0.6) is 0 Å². The molecule has 0 saturated carbocycles. The molecular formula is C35H54N10O18. The van der Waals surface area contributed by atoms with Crippen LogP contribution in [0.2, 0.25) is 0 Å². The number of carbonyl (C=O) groups excluding carboxylic acids is 5. The second-order valence-electron chi connectivity index (χ2n) is 15.2. The number of unbranched alkanes of at least 4 members (excludes halogenated alkanes) is 1. The van der Waals surface area contributed by atoms with E-state index in [1.54, 1.807) is 0 Å². The van der Waals surface area contributed by atoms with E-state index < -0.39 is 153 Å². The number of anilines is 1. The second kappa shape index (κ2) is 21.6. The number of nitrogens with one attached hydrogen (secondary N) is 6. The summed E-state index contributed by atoms with van der Waals surface area (Å²) in [6.07, 6.45) is -17.9. The number of aromatic nitrogens is 4. The Bertz CT molecular complexity index is 1990. The standard InChI is InChI=1S/C35H54N10O18/c1-12-21(50)25(54)26(55)28(61-12)32(59)42-14(30(57)39-7-15-22(51)27(56)33(62-15)45-11-40-20-29(45)43-35(36)44-31(20)58)5-3-4-6-37-17(48)8-38-18(49)10-60-34-19(41-13(2)47)24(53)23(52)16(9-46)63-34/h11-12,14-16,19,21-28,33-34,46,50-56H,3-10H2,1-2H3,(H,37,48)(H,38,49)(H,39,57)(H,41,47)(H,42,59)(H3,36,43,44,58)/t12-,14-,15+,16+,19+,21+,22+,23+,24+,25+,26-,27+,28-,33+,34+/m0/s1. The van der Waals surface area contributed by atoms with Crippen molar-refractivity contribution in [1.82, 2.24) is 46.1 Å². The number of nitrogen functional groups attached to an aromatic ring is 1. The van der Waals surface area contributed by atoms with E-state index in [-0.39, 0.29) is 42.9 Å². The Morgan fingerprint density at radius 1 is 0.889 bits per heavy atom. The fourth-order valence-electron chi connectivity index (χ4n) is 7.14. The van der Waals surface area contributed by atoms with Crippen molar-refractivity contribution in [2.75, 3.05) is 38.6 Å². The summed E-state index contributed by atoms with van der Waals surface area (Å²) in [5.41, 5.74) is 4.84. The third-order valence-corrected chi connectivity index (χ3v) is 10.6. The van der Waals surface area contributed by atoms with Crippen LogP contribution in [-0.4, -0.2) is 208 Å². The van der Waals surface area contributed by atoms with Gasteiger partial charge in [0, 0.05) is 20.0 Å². The van der Waals surface area contributed by atoms with Crippen molar-refractivity contribution in [3.8, 4) is 0 Å². The topological polar surface area (TPSA) is 434 Å². The van der Waals surface area contributed by atoms with Gasteiger partial charge in [-0.2, -0.15) is 4.98 Å². The molecule has 2 aromatic heterocycles. The van der Waals surface area contributed by atoms with Gasteiger partial charge in [0.15, 0.2) is 29.8 Å². The van der Waals surface area contributed by atoms with Crippen LogP contribution in [0.15, 0.2) is 11.1 Å². The van der Waals surface area contributed by atoms with E-state index in [1.807, 2.05) is 0 Å². The number of aliphatic hydroxyl groups is 8. The molecule has 352 valence electrons. The van der Waals surface area contributed by atoms with Gasteiger partial charge in [-0.15, -0.1) is 0 Å². The SMILES string of the molecule is CC(=O)N[C@H]1[C@H](OCC(=O)NCC(=O)NCCCC[C@H](NC(=O)[C@H]2O[C@@H](C)[C@@H](O)[C@@H](O)[C@@H]2O)C(=O)NC[C@H]2O[C@@H](n3cnc4c(=O)[nH]c(N)nc43)[C@H](O)[C@@H]2O)O[C@H](CO)[C@@H](O)[C@@H]1O. The maximum Gasteiger partial charge on any atom is 0.280 e. The Morgan fingerprint density at radius 3 is 2.30 bits per heavy atom. The molecule has 16 N–H and O–H groups in total. The number of aliphatic hydroxyl groups excluding tert-OH is 8. The van der Waals surface area contributed by atoms with Crippen molar-refractivity contribution in [1.29, 1.82) is 0 Å². The largest absolute Gasteiger partial charge is 0.394 e. The number of H-pyrrole nitrogens is 1. The quantitative estimate of drug-likeness (QED) is 0.0618. The number of nitrogens with zero attached hydrogens (tertiary/aromatic N) is 3. The number of hydrogen-bond donors (Lipinski definition) is 15. The lowest BCUT2D eigenvalue weighted by atomic mass is 9.95. The Kier molecular flexibility index (Phi) is 16.8. The van der Waals surface area contributed by atoms with Gasteiger partial charge >= 0.3 is 0 Å². The summed E-state index contributed by atoms with van der Waals surface area (Å²) in [5.74, 6) is -4.07. The normalized spacial score (nSPS) is 32.4. The molecule has 28 heteroatoms. The summed E-state index contributed by atoms with van der Waals surface area (Å²) in [7, 11) is 0. The van der Waals surface area contributed by atoms with Gasteiger partial charge in [0.25, 0.3) is 11.5 Å². The molecule has 3 saturated heterocycles. The number of ether oxygens (including phenoxy) is 4. The molecule has 5 rings (SSSR count). The molecule has 0 bridgehead atoms. The maximum absolute atomic E-state index is 13.6. The van der Waals surface area contributed by atoms with E-state index in [9.17, 15) is 69.6 Å². The minimum absolute atomic E-state index is 0.0350. The molecule has 0 aromatic carbocycles. The monoisotopic (exact) mass is 902 g/mol. The van der Waals surface area contributed by atoms with Gasteiger partial charge in [-0.1, -0.05) is 0 Å². The Morgan fingerprint density at radius 2 is 1.60 bits per heavy atom. The first-order valence-electron chi connectivity index (χ1n) is 19.9. The van der Waals surface area contributed by atoms with E-state index in [0.29, 0.717) is 0 Å². The first-order valence-corrected chi connectivity index (χ1v) is 19.9. The highest BCUT2D eigenvalue weighted by atomic mass is 16.7. The zero-order chi connectivity index (χ0) is 46.3. The predicted octanol–water partition coefficient (Wildman–Crippen LogP) is -8.85. The van der Waals surface area contributed by atoms with Gasteiger partial charge in [0.2, 0.25) is 29.6 Å². The van der Waals surface area contributed by atoms with Crippen molar-refractivity contribution in [3.63, 3.8) is 0 Å². The van der Waals surface area contributed by atoms with Crippen LogP contribution in [0.1, 0.15) is 39.3 Å². The van der Waals surface area contributed by atoms with Crippen LogP contribution >= 0.6 is 0 Å². The molecule has 0 unspecified atom stereocenters. The summed E-state index contributed by atoms with van der Waals surface area (Å²) >= 11 is 0. The van der Waals surface area contributed by atoms with Crippen molar-refractivity contribution < 1.29 is 83.8 Å². The average molecular weight is 903 g/mol. The number of nitrogens with two attached hydrogens (primary N) is 1. The third kappa shape index (κ3) is 11.8. The van der Waals surface area contributed by atoms with Gasteiger partial charge < -0.3 is 92.1 Å². The van der Waals surface area contributed by atoms with Crippen LogP contribution in [0.4, 0.5) is 5.95 Å². The Labute approximate surface area is 356 Å². The molecule has 5 heterocycles. The van der Waals surface area contributed by atoms with Gasteiger partial charge in [-0.05, 0) is 26.2 Å². The van der Waals surface area contributed by atoms with Gasteiger partial charge in [0.1, 0.15) is 73.6 Å². The molecular weight excluding hydrogens is 848 g/mol. The summed E-state index contributed by atoms with van der Waals surface area (Å²) in [4.78, 5) is 85.8. The molecule has 3 aliphatic heterocycles. The van der Waals surface area contributed by atoms with Crippen molar-refractivity contribution in [3.05, 3.63) is 16.7 Å². The minimum Gasteiger partial charge on any atom is -0.394 e. The van der Waals surface area contributed by atoms with E-state index in [1.165, 1.54) is 11.5 Å². The van der Waals surface area contributed by atoms with Crippen LogP contribution in [0, 0.1) is 0 Å². The molecule has 3 aliphatic rings. The first kappa shape index (κ1) is 49.0. The lowest BCUT2D eigenvalue weighted by molar-refractivity contribution is -0.268. The van der Waals surface area contributed by atoms with E-state index in [2.05, 4.69) is 41.5 Å². The zero-order valence-electron chi connectivity index (χ0n) is 34.0. The molecule has 63 heavy (non-hydrogen) atoms. The molecule has 0 radical (unpaired) electrons. The number of carbonyl (C=O) groups is 5. The fraction of sp³-hybridized carbons (Fsp3) is 0.714. The average Bonchev–Trinajstić information content (AvgIpc) is 3.79. The Hall–Kier alpha value is -4.98. The summed E-state index contributed by atoms with van der Waals surface area (Å²) in [5, 5.41) is 94.5. The summed E-state index contributed by atoms with van der Waals surface area (Å²) in [6.45, 7) is 0.240. The molecule has 2 aromatic rings. The maximum atomic E-state index is 13.6. The Balaban J connectivity index is 1.12. The van der Waals surface area contributed by atoms with E-state index in [4.69, 9.17) is 24.7 Å². The number of hydrogen-bond acceptors (Lipinski definition) is 21. The van der Waals surface area contributed by atoms with Gasteiger partial charge in [-0.3, -0.25) is 38.3 Å². The van der Waals surface area contributed by atoms with Gasteiger partial charge in [-0.25, -0.2) is 4.98 Å². The number of fused-ring (bicyclic) bond motifs is 1. The first-order chi connectivity index (χ1) is 29.8. The molecule has 15 atom stereocenters. The van der Waals surface area contributed by atoms with E-state index >= 15 is 0 Å². The molecule has 0 spiro atoms. The highest BCUT2D eigenvalue weighted by molar-refractivity contribution is 5.90. The number of aromatic amines is 1. The summed E-state index contributed by atoms with van der Waals surface area (Å²) < 4.78 is 23.2. The molecule has 0 aliphatic carbocycles.